The third-order valence-electron chi connectivity index (χ3n) is 6.77. The van der Waals surface area contributed by atoms with Crippen molar-refractivity contribution in [3.05, 3.63) is 106 Å². The molecule has 4 aromatic rings. The summed E-state index contributed by atoms with van der Waals surface area (Å²) in [6.45, 7) is 0.982. The molecule has 3 aromatic carbocycles. The van der Waals surface area contributed by atoms with Crippen LogP contribution in [-0.4, -0.2) is 43.2 Å². The number of carbonyl (C=O) groups is 2. The van der Waals surface area contributed by atoms with Gasteiger partial charge in [0.1, 0.15) is 18.2 Å². The molecule has 2 heterocycles. The van der Waals surface area contributed by atoms with E-state index in [-0.39, 0.29) is 40.4 Å². The highest BCUT2D eigenvalue weighted by Crippen LogP contribution is 2.29. The predicted octanol–water partition coefficient (Wildman–Crippen LogP) is 6.69. The molecule has 2 N–H and O–H groups in total. The van der Waals surface area contributed by atoms with E-state index in [2.05, 4.69) is 15.6 Å². The zero-order valence-electron chi connectivity index (χ0n) is 23.9. The Kier molecular flexibility index (Phi) is 10.1. The Bertz CT molecular complexity index is 1720. The molecule has 5 rings (SSSR count). The molecule has 1 atom stereocenters. The number of rotatable bonds is 12. The monoisotopic (exact) mass is 641 g/mol. The van der Waals surface area contributed by atoms with Crippen LogP contribution in [0.25, 0.3) is 0 Å². The lowest BCUT2D eigenvalue weighted by molar-refractivity contribution is -0.115. The van der Waals surface area contributed by atoms with Crippen molar-refractivity contribution >= 4 is 34.9 Å². The van der Waals surface area contributed by atoms with Gasteiger partial charge >= 0.3 is 5.97 Å². The topological polar surface area (TPSA) is 108 Å². The molecule has 1 saturated heterocycles. The Balaban J connectivity index is 1.23. The molecule has 1 aliphatic heterocycles. The summed E-state index contributed by atoms with van der Waals surface area (Å²) in [4.78, 5) is 29.0. The SMILES string of the molecule is COC(=O)c1ccc(NC(=O)Cc2cc(F)c(Oc3ccnc(COc4ccc(Cl)cc4F)c3)cc2F)c(NCC2CCO2)c1. The molecule has 1 fully saturated rings. The van der Waals surface area contributed by atoms with E-state index in [4.69, 9.17) is 30.5 Å². The first-order valence-electron chi connectivity index (χ1n) is 13.7. The largest absolute Gasteiger partial charge is 0.484 e. The third kappa shape index (κ3) is 8.22. The Morgan fingerprint density at radius 1 is 0.978 bits per heavy atom. The summed E-state index contributed by atoms with van der Waals surface area (Å²) in [5.74, 6) is -3.90. The van der Waals surface area contributed by atoms with Gasteiger partial charge in [0.2, 0.25) is 5.91 Å². The van der Waals surface area contributed by atoms with Crippen LogP contribution in [0.4, 0.5) is 24.5 Å². The van der Waals surface area contributed by atoms with Crippen molar-refractivity contribution in [3.63, 3.8) is 0 Å². The second-order valence-corrected chi connectivity index (χ2v) is 10.4. The minimum atomic E-state index is -0.901. The second-order valence-electron chi connectivity index (χ2n) is 9.96. The lowest BCUT2D eigenvalue weighted by Crippen LogP contribution is -2.33. The molecule has 0 saturated carbocycles. The first-order valence-corrected chi connectivity index (χ1v) is 14.1. The number of nitrogens with zero attached hydrogens (tertiary/aromatic N) is 1. The van der Waals surface area contributed by atoms with Gasteiger partial charge in [-0.05, 0) is 55.0 Å². The number of methoxy groups -OCH3 is 1. The van der Waals surface area contributed by atoms with Crippen LogP contribution in [0.2, 0.25) is 5.02 Å². The number of anilines is 2. The van der Waals surface area contributed by atoms with Crippen molar-refractivity contribution in [1.82, 2.24) is 4.98 Å². The molecule has 0 aliphatic carbocycles. The summed E-state index contributed by atoms with van der Waals surface area (Å²) in [6.07, 6.45) is 1.77. The predicted molar refractivity (Wildman–Crippen MR) is 159 cm³/mol. The third-order valence-corrected chi connectivity index (χ3v) is 7.00. The van der Waals surface area contributed by atoms with Crippen molar-refractivity contribution in [2.24, 2.45) is 0 Å². The van der Waals surface area contributed by atoms with Gasteiger partial charge in [-0.15, -0.1) is 0 Å². The molecule has 45 heavy (non-hydrogen) atoms. The smallest absolute Gasteiger partial charge is 0.337 e. The zero-order valence-corrected chi connectivity index (χ0v) is 24.6. The number of esters is 1. The molecule has 1 amide bonds. The number of hydrogen-bond acceptors (Lipinski definition) is 8. The summed E-state index contributed by atoms with van der Waals surface area (Å²) < 4.78 is 65.1. The van der Waals surface area contributed by atoms with Crippen LogP contribution < -0.4 is 20.1 Å². The normalized spacial score (nSPS) is 13.8. The Morgan fingerprint density at radius 2 is 1.78 bits per heavy atom. The average molecular weight is 642 g/mol. The van der Waals surface area contributed by atoms with E-state index >= 15 is 4.39 Å². The summed E-state index contributed by atoms with van der Waals surface area (Å²) in [7, 11) is 1.26. The average Bonchev–Trinajstić information content (AvgIpc) is 2.99. The van der Waals surface area contributed by atoms with E-state index in [1.165, 1.54) is 55.8 Å². The van der Waals surface area contributed by atoms with Gasteiger partial charge in [0.15, 0.2) is 23.1 Å². The van der Waals surface area contributed by atoms with E-state index in [0.29, 0.717) is 30.2 Å². The summed E-state index contributed by atoms with van der Waals surface area (Å²) in [5.41, 5.74) is 1.18. The molecule has 9 nitrogen and oxygen atoms in total. The van der Waals surface area contributed by atoms with Gasteiger partial charge in [-0.25, -0.2) is 18.0 Å². The first-order chi connectivity index (χ1) is 21.7. The molecule has 0 spiro atoms. The number of ether oxygens (including phenoxy) is 4. The quantitative estimate of drug-likeness (QED) is 0.165. The Morgan fingerprint density at radius 3 is 2.51 bits per heavy atom. The van der Waals surface area contributed by atoms with Crippen LogP contribution >= 0.6 is 11.6 Å². The van der Waals surface area contributed by atoms with E-state index in [9.17, 15) is 18.4 Å². The second kappa shape index (κ2) is 14.3. The van der Waals surface area contributed by atoms with Gasteiger partial charge in [0.25, 0.3) is 0 Å². The molecule has 1 aromatic heterocycles. The molecular weight excluding hydrogens is 615 g/mol. The maximum atomic E-state index is 15.0. The fourth-order valence-electron chi connectivity index (χ4n) is 4.33. The minimum absolute atomic E-state index is 0.000792. The summed E-state index contributed by atoms with van der Waals surface area (Å²) in [6, 6.07) is 13.1. The zero-order chi connectivity index (χ0) is 31.9. The van der Waals surface area contributed by atoms with E-state index in [1.54, 1.807) is 0 Å². The Labute approximate surface area is 261 Å². The molecule has 1 aliphatic rings. The van der Waals surface area contributed by atoms with Crippen molar-refractivity contribution < 1.29 is 41.7 Å². The van der Waals surface area contributed by atoms with Gasteiger partial charge in [-0.1, -0.05) is 11.6 Å². The number of halogens is 4. The number of hydrogen-bond donors (Lipinski definition) is 2. The highest BCUT2D eigenvalue weighted by atomic mass is 35.5. The lowest BCUT2D eigenvalue weighted by atomic mass is 10.1. The number of aromatic nitrogens is 1. The fraction of sp³-hybridized carbons (Fsp3) is 0.219. The van der Waals surface area contributed by atoms with E-state index < -0.39 is 41.5 Å². The van der Waals surface area contributed by atoms with Gasteiger partial charge in [-0.2, -0.15) is 0 Å². The molecule has 13 heteroatoms. The summed E-state index contributed by atoms with van der Waals surface area (Å²) >= 11 is 5.75. The Hall–Kier alpha value is -4.81. The highest BCUT2D eigenvalue weighted by Gasteiger charge is 2.20. The molecule has 234 valence electrons. The van der Waals surface area contributed by atoms with Crippen molar-refractivity contribution in [2.45, 2.75) is 25.6 Å². The fourth-order valence-corrected chi connectivity index (χ4v) is 4.49. The number of benzene rings is 3. The number of carbonyl (C=O) groups excluding carboxylic acids is 2. The van der Waals surface area contributed by atoms with Crippen LogP contribution in [0.15, 0.2) is 66.9 Å². The molecule has 1 unspecified atom stereocenters. The van der Waals surface area contributed by atoms with Gasteiger partial charge in [0.05, 0.1) is 42.3 Å². The standard InChI is InChI=1S/C32H27ClF3N3O6/c1-42-32(41)18-2-4-27(28(11-18)38-16-23-7-9-43-23)39-31(40)12-19-10-25(35)30(15-24(19)34)45-22-6-8-37-21(14-22)17-44-29-5-3-20(33)13-26(29)36/h2-6,8,10-11,13-15,23,38H,7,9,12,16-17H2,1H3,(H,39,40). The number of pyridine rings is 1. The van der Waals surface area contributed by atoms with Gasteiger partial charge in [-0.3, -0.25) is 9.78 Å². The van der Waals surface area contributed by atoms with E-state index in [0.717, 1.165) is 24.6 Å². The van der Waals surface area contributed by atoms with Gasteiger partial charge in [0, 0.05) is 42.1 Å². The van der Waals surface area contributed by atoms with Crippen LogP contribution in [0.1, 0.15) is 28.0 Å². The molecule has 0 bridgehead atoms. The van der Waals surface area contributed by atoms with Crippen LogP contribution in [0, 0.1) is 17.5 Å². The first kappa shape index (κ1) is 31.6. The number of amides is 1. The highest BCUT2D eigenvalue weighted by molar-refractivity contribution is 6.30. The van der Waals surface area contributed by atoms with Crippen molar-refractivity contribution in [1.29, 1.82) is 0 Å². The van der Waals surface area contributed by atoms with Gasteiger partial charge < -0.3 is 29.6 Å². The lowest BCUT2D eigenvalue weighted by Gasteiger charge is -2.27. The van der Waals surface area contributed by atoms with Crippen LogP contribution in [0.5, 0.6) is 17.2 Å². The van der Waals surface area contributed by atoms with Crippen LogP contribution in [0.3, 0.4) is 0 Å². The summed E-state index contributed by atoms with van der Waals surface area (Å²) in [5, 5.41) is 6.04. The maximum absolute atomic E-state index is 15.0. The van der Waals surface area contributed by atoms with Crippen LogP contribution in [-0.2, 0) is 27.3 Å². The molecule has 0 radical (unpaired) electrons. The number of nitrogens with one attached hydrogen (secondary N) is 2. The minimum Gasteiger partial charge on any atom is -0.484 e. The van der Waals surface area contributed by atoms with Crippen molar-refractivity contribution in [2.75, 3.05) is 30.9 Å². The van der Waals surface area contributed by atoms with Crippen molar-refractivity contribution in [3.8, 4) is 17.2 Å². The maximum Gasteiger partial charge on any atom is 0.337 e. The molecular formula is C32H27ClF3N3O6. The van der Waals surface area contributed by atoms with E-state index in [1.807, 2.05) is 0 Å².